The molecule has 20 heavy (non-hydrogen) atoms. The molecule has 0 fully saturated rings. The molecule has 0 heterocycles. The molecule has 0 spiro atoms. The van der Waals surface area contributed by atoms with E-state index in [9.17, 15) is 13.6 Å². The molecule has 7 heteroatoms. The fourth-order valence-electron chi connectivity index (χ4n) is 1.44. The number of ether oxygens (including phenoxy) is 1. The van der Waals surface area contributed by atoms with Crippen LogP contribution in [0.5, 0.6) is 0 Å². The first-order chi connectivity index (χ1) is 9.52. The van der Waals surface area contributed by atoms with E-state index in [0.29, 0.717) is 17.0 Å². The molecule has 0 aromatic heterocycles. The third kappa shape index (κ3) is 5.75. The minimum absolute atomic E-state index is 0.00990. The highest BCUT2D eigenvalue weighted by Gasteiger charge is 2.06. The molecule has 1 rings (SSSR count). The van der Waals surface area contributed by atoms with Crippen molar-refractivity contribution in [2.45, 2.75) is 19.8 Å². The van der Waals surface area contributed by atoms with Gasteiger partial charge < -0.3 is 15.3 Å². The Hall–Kier alpha value is -2.02. The fraction of sp³-hybridized carbons (Fsp3) is 0.385. The topological polar surface area (TPSA) is 70.9 Å². The largest absolute Gasteiger partial charge is 0.411 e. The van der Waals surface area contributed by atoms with E-state index < -0.39 is 13.0 Å². The molecule has 1 aromatic carbocycles. The predicted molar refractivity (Wildman–Crippen MR) is 70.5 cm³/mol. The normalized spacial score (nSPS) is 11.7. The van der Waals surface area contributed by atoms with Crippen molar-refractivity contribution in [2.75, 3.05) is 18.5 Å². The lowest BCUT2D eigenvalue weighted by Crippen LogP contribution is -2.15. The molecule has 5 nitrogen and oxygen atoms in total. The van der Waals surface area contributed by atoms with Crippen LogP contribution in [0.25, 0.3) is 0 Å². The highest BCUT2D eigenvalue weighted by Crippen LogP contribution is 2.12. The van der Waals surface area contributed by atoms with Gasteiger partial charge >= 0.3 is 0 Å². The van der Waals surface area contributed by atoms with Crippen molar-refractivity contribution in [1.82, 2.24) is 0 Å². The van der Waals surface area contributed by atoms with Crippen molar-refractivity contribution in [3.8, 4) is 0 Å². The third-order valence-electron chi connectivity index (χ3n) is 2.43. The van der Waals surface area contributed by atoms with Crippen LogP contribution >= 0.6 is 0 Å². The summed E-state index contributed by atoms with van der Waals surface area (Å²) in [5.41, 5.74) is 1.62. The molecule has 1 amide bonds. The number of carbonyl (C=O) groups is 1. The zero-order valence-corrected chi connectivity index (χ0v) is 11.0. The Labute approximate surface area is 115 Å². The first-order valence-electron chi connectivity index (χ1n) is 5.97. The second kappa shape index (κ2) is 8.21. The standard InChI is InChI=1S/C13H16F2N2O3/c1-9(17-19)10-3-2-4-11(7-10)16-13(18)5-6-20-8-12(14)15/h2-4,7,12,19H,5-6,8H2,1H3,(H,16,18)/b17-9-. The van der Waals surface area contributed by atoms with Gasteiger partial charge in [0, 0.05) is 11.3 Å². The molecule has 0 unspecified atom stereocenters. The summed E-state index contributed by atoms with van der Waals surface area (Å²) in [6.45, 7) is 0.890. The van der Waals surface area contributed by atoms with Crippen molar-refractivity contribution >= 4 is 17.3 Å². The van der Waals surface area contributed by atoms with E-state index in [4.69, 9.17) is 5.21 Å². The Morgan fingerprint density at radius 3 is 2.90 bits per heavy atom. The molecule has 110 valence electrons. The van der Waals surface area contributed by atoms with Crippen LogP contribution in [0.4, 0.5) is 14.5 Å². The molecule has 0 radical (unpaired) electrons. The molecule has 2 N–H and O–H groups in total. The average molecular weight is 286 g/mol. The third-order valence-corrected chi connectivity index (χ3v) is 2.43. The second-order valence-electron chi connectivity index (χ2n) is 4.03. The number of halogens is 2. The van der Waals surface area contributed by atoms with Gasteiger partial charge in [0.05, 0.1) is 18.7 Å². The highest BCUT2D eigenvalue weighted by atomic mass is 19.3. The molecule has 0 saturated carbocycles. The summed E-state index contributed by atoms with van der Waals surface area (Å²) in [6.07, 6.45) is -2.54. The van der Waals surface area contributed by atoms with Crippen LogP contribution in [0.3, 0.4) is 0 Å². The van der Waals surface area contributed by atoms with Crippen LogP contribution in [0, 0.1) is 0 Å². The summed E-state index contributed by atoms with van der Waals surface area (Å²) in [4.78, 5) is 11.5. The van der Waals surface area contributed by atoms with E-state index in [1.54, 1.807) is 31.2 Å². The Morgan fingerprint density at radius 2 is 2.25 bits per heavy atom. The number of alkyl halides is 2. The van der Waals surface area contributed by atoms with Crippen LogP contribution in [0.15, 0.2) is 29.4 Å². The van der Waals surface area contributed by atoms with E-state index in [-0.39, 0.29) is 18.9 Å². The Morgan fingerprint density at radius 1 is 1.50 bits per heavy atom. The lowest BCUT2D eigenvalue weighted by atomic mass is 10.1. The van der Waals surface area contributed by atoms with E-state index in [1.165, 1.54) is 0 Å². The predicted octanol–water partition coefficient (Wildman–Crippen LogP) is 2.50. The second-order valence-corrected chi connectivity index (χ2v) is 4.03. The van der Waals surface area contributed by atoms with E-state index >= 15 is 0 Å². The van der Waals surface area contributed by atoms with Gasteiger partial charge in [0.1, 0.15) is 6.61 Å². The number of anilines is 1. The van der Waals surface area contributed by atoms with Crippen LogP contribution in [0.2, 0.25) is 0 Å². The summed E-state index contributed by atoms with van der Waals surface area (Å²) in [5.74, 6) is -0.338. The molecular formula is C13H16F2N2O3. The van der Waals surface area contributed by atoms with Gasteiger partial charge in [-0.3, -0.25) is 4.79 Å². The monoisotopic (exact) mass is 286 g/mol. The smallest absolute Gasteiger partial charge is 0.261 e. The number of rotatable bonds is 7. The Balaban J connectivity index is 2.46. The summed E-state index contributed by atoms with van der Waals surface area (Å²) in [6, 6.07) is 6.75. The van der Waals surface area contributed by atoms with Crippen molar-refractivity contribution in [1.29, 1.82) is 0 Å². The average Bonchev–Trinajstić information content (AvgIpc) is 2.43. The van der Waals surface area contributed by atoms with Crippen molar-refractivity contribution in [3.63, 3.8) is 0 Å². The molecule has 0 bridgehead atoms. The zero-order chi connectivity index (χ0) is 15.0. The number of carbonyl (C=O) groups excluding carboxylic acids is 1. The first-order valence-corrected chi connectivity index (χ1v) is 5.97. The number of hydrogen-bond donors (Lipinski definition) is 2. The minimum Gasteiger partial charge on any atom is -0.411 e. The molecule has 0 atom stereocenters. The molecule has 0 saturated heterocycles. The highest BCUT2D eigenvalue weighted by molar-refractivity contribution is 6.00. The Bertz CT molecular complexity index is 478. The molecule has 0 aliphatic rings. The molecular weight excluding hydrogens is 270 g/mol. The number of nitrogens with one attached hydrogen (secondary N) is 1. The number of amides is 1. The lowest BCUT2D eigenvalue weighted by Gasteiger charge is -2.07. The quantitative estimate of drug-likeness (QED) is 0.350. The maximum Gasteiger partial charge on any atom is 0.261 e. The number of nitrogens with zero attached hydrogens (tertiary/aromatic N) is 1. The minimum atomic E-state index is -2.53. The number of hydrogen-bond acceptors (Lipinski definition) is 4. The summed E-state index contributed by atoms with van der Waals surface area (Å²) in [5, 5.41) is 14.3. The van der Waals surface area contributed by atoms with Gasteiger partial charge in [-0.15, -0.1) is 0 Å². The van der Waals surface area contributed by atoms with Gasteiger partial charge in [-0.25, -0.2) is 8.78 Å². The molecule has 0 aliphatic heterocycles. The van der Waals surface area contributed by atoms with Crippen LogP contribution < -0.4 is 5.32 Å². The molecule has 0 aliphatic carbocycles. The van der Waals surface area contributed by atoms with E-state index in [1.807, 2.05) is 0 Å². The summed E-state index contributed by atoms with van der Waals surface area (Å²) in [7, 11) is 0. The Kier molecular flexibility index (Phi) is 6.58. The van der Waals surface area contributed by atoms with Gasteiger partial charge in [-0.2, -0.15) is 0 Å². The van der Waals surface area contributed by atoms with Gasteiger partial charge in [0.25, 0.3) is 6.43 Å². The summed E-state index contributed by atoms with van der Waals surface area (Å²) >= 11 is 0. The van der Waals surface area contributed by atoms with Gasteiger partial charge in [-0.1, -0.05) is 17.3 Å². The van der Waals surface area contributed by atoms with Crippen LogP contribution in [-0.2, 0) is 9.53 Å². The van der Waals surface area contributed by atoms with Crippen molar-refractivity contribution in [2.24, 2.45) is 5.16 Å². The zero-order valence-electron chi connectivity index (χ0n) is 11.0. The van der Waals surface area contributed by atoms with Crippen LogP contribution in [-0.4, -0.2) is 36.5 Å². The van der Waals surface area contributed by atoms with E-state index in [2.05, 4.69) is 15.2 Å². The first kappa shape index (κ1) is 16.0. The van der Waals surface area contributed by atoms with Gasteiger partial charge in [0.15, 0.2) is 0 Å². The van der Waals surface area contributed by atoms with Crippen LogP contribution in [0.1, 0.15) is 18.9 Å². The van der Waals surface area contributed by atoms with Crippen molar-refractivity contribution in [3.05, 3.63) is 29.8 Å². The van der Waals surface area contributed by atoms with Crippen molar-refractivity contribution < 1.29 is 23.5 Å². The SMILES string of the molecule is C/C(=N/O)c1cccc(NC(=O)CCOCC(F)F)c1. The van der Waals surface area contributed by atoms with Gasteiger partial charge in [-0.05, 0) is 19.1 Å². The maximum absolute atomic E-state index is 11.8. The lowest BCUT2D eigenvalue weighted by molar-refractivity contribution is -0.117. The van der Waals surface area contributed by atoms with Gasteiger partial charge in [0.2, 0.25) is 5.91 Å². The summed E-state index contributed by atoms with van der Waals surface area (Å²) < 4.78 is 28.2. The number of oxime groups is 1. The number of benzene rings is 1. The fourth-order valence-corrected chi connectivity index (χ4v) is 1.44. The molecule has 1 aromatic rings. The van der Waals surface area contributed by atoms with E-state index in [0.717, 1.165) is 0 Å². The maximum atomic E-state index is 11.8.